The summed E-state index contributed by atoms with van der Waals surface area (Å²) in [5.41, 5.74) is 0.408. The molecule has 73 heavy (non-hydrogen) atoms. The van der Waals surface area contributed by atoms with Crippen LogP contribution in [-0.4, -0.2) is 159 Å². The number of anilines is 1. The number of piperazine rings is 1. The Hall–Kier alpha value is -5.43. The minimum atomic E-state index is -4.54. The van der Waals surface area contributed by atoms with E-state index in [0.717, 1.165) is 108 Å². The van der Waals surface area contributed by atoms with E-state index in [2.05, 4.69) is 61.6 Å². The first-order valence-corrected chi connectivity index (χ1v) is 26.9. The van der Waals surface area contributed by atoms with E-state index < -0.39 is 23.7 Å². The lowest BCUT2D eigenvalue weighted by molar-refractivity contribution is -0.137. The number of nitrogens with one attached hydrogen (secondary N) is 3. The molecule has 0 radical (unpaired) electrons. The van der Waals surface area contributed by atoms with Gasteiger partial charge in [-0.2, -0.15) is 13.2 Å². The van der Waals surface area contributed by atoms with Crippen LogP contribution in [0.15, 0.2) is 49.1 Å². The zero-order valence-corrected chi connectivity index (χ0v) is 43.1. The van der Waals surface area contributed by atoms with E-state index in [4.69, 9.17) is 0 Å². The van der Waals surface area contributed by atoms with Crippen molar-refractivity contribution in [2.24, 2.45) is 11.8 Å². The van der Waals surface area contributed by atoms with Crippen molar-refractivity contribution in [2.75, 3.05) is 58.7 Å². The van der Waals surface area contributed by atoms with E-state index in [1.165, 1.54) is 12.4 Å². The Balaban J connectivity index is 0.732. The summed E-state index contributed by atoms with van der Waals surface area (Å²) in [4.78, 5) is 89.9. The average Bonchev–Trinajstić information content (AvgIpc) is 3.91. The molecule has 1 aromatic carbocycles. The molecule has 2 aliphatic carbocycles. The van der Waals surface area contributed by atoms with Crippen LogP contribution in [-0.2, 0) is 30.1 Å². The van der Waals surface area contributed by atoms with Crippen LogP contribution in [0.2, 0.25) is 0 Å². The molecule has 2 saturated carbocycles. The van der Waals surface area contributed by atoms with Gasteiger partial charge in [0.25, 0.3) is 0 Å². The molecular weight excluding hydrogens is 940 g/mol. The van der Waals surface area contributed by atoms with Gasteiger partial charge in [-0.05, 0) is 115 Å². The fourth-order valence-electron chi connectivity index (χ4n) is 12.2. The first-order valence-electron chi connectivity index (χ1n) is 26.9. The van der Waals surface area contributed by atoms with Crippen molar-refractivity contribution in [2.45, 2.75) is 165 Å². The highest BCUT2D eigenvalue weighted by molar-refractivity contribution is 5.93. The largest absolute Gasteiger partial charge is 0.416 e. The number of unbranched alkanes of at least 4 members (excludes halogenated alkanes) is 5. The number of fused-ring (bicyclic) bond motifs is 1. The number of likely N-dealkylation sites (tertiary alicyclic amines) is 2. The van der Waals surface area contributed by atoms with Gasteiger partial charge in [0.1, 0.15) is 18.2 Å². The highest BCUT2D eigenvalue weighted by Gasteiger charge is 2.45. The van der Waals surface area contributed by atoms with E-state index in [1.807, 2.05) is 21.9 Å². The first kappa shape index (κ1) is 53.8. The molecule has 3 aliphatic heterocycles. The number of carbonyl (C=O) groups excluding carboxylic acids is 5. The molecule has 5 aliphatic rings. The number of alkyl halides is 3. The van der Waals surface area contributed by atoms with Crippen molar-refractivity contribution < 1.29 is 37.1 Å². The predicted molar refractivity (Wildman–Crippen MR) is 272 cm³/mol. The normalized spacial score (nSPS) is 26.3. The number of nitrogens with zero attached hydrogens (tertiary/aromatic N) is 8. The first-order chi connectivity index (χ1) is 35.1. The number of carbonyl (C=O) groups is 5. The summed E-state index contributed by atoms with van der Waals surface area (Å²) in [6.07, 6.45) is 12.9. The molecule has 5 amide bonds. The molecule has 3 saturated heterocycles. The summed E-state index contributed by atoms with van der Waals surface area (Å²) in [6, 6.07) is 6.56. The number of halogens is 3. The van der Waals surface area contributed by atoms with Gasteiger partial charge in [-0.1, -0.05) is 31.7 Å². The summed E-state index contributed by atoms with van der Waals surface area (Å²) >= 11 is 0. The second-order valence-electron chi connectivity index (χ2n) is 21.5. The number of hydrogen-bond acceptors (Lipinski definition) is 11. The summed E-state index contributed by atoms with van der Waals surface area (Å²) in [5.74, 6) is -0.369. The fraction of sp³-hybridized carbons (Fsp3) is 0.667. The van der Waals surface area contributed by atoms with Gasteiger partial charge in [-0.25, -0.2) is 9.97 Å². The summed E-state index contributed by atoms with van der Waals surface area (Å²) in [6.45, 7) is 8.45. The zero-order chi connectivity index (χ0) is 51.8. The van der Waals surface area contributed by atoms with Crippen molar-refractivity contribution >= 4 is 46.3 Å². The molecule has 8 rings (SSSR count). The van der Waals surface area contributed by atoms with Gasteiger partial charge in [0, 0.05) is 101 Å². The fourth-order valence-corrected chi connectivity index (χ4v) is 12.2. The monoisotopic (exact) mass is 1020 g/mol. The number of aromatic nitrogens is 3. The van der Waals surface area contributed by atoms with Gasteiger partial charge in [0.05, 0.1) is 35.1 Å². The molecule has 5 fully saturated rings. The van der Waals surface area contributed by atoms with Gasteiger partial charge < -0.3 is 35.6 Å². The van der Waals surface area contributed by atoms with Crippen molar-refractivity contribution in [1.29, 1.82) is 0 Å². The molecule has 0 spiro atoms. The smallest absolute Gasteiger partial charge is 0.358 e. The Morgan fingerprint density at radius 3 is 2.32 bits per heavy atom. The molecule has 16 nitrogen and oxygen atoms in total. The molecular formula is C54H76F3N11O5. The van der Waals surface area contributed by atoms with Crippen molar-refractivity contribution in [3.8, 4) is 0 Å². The minimum Gasteiger partial charge on any atom is -0.358 e. The summed E-state index contributed by atoms with van der Waals surface area (Å²) in [5, 5.41) is 9.86. The van der Waals surface area contributed by atoms with Crippen LogP contribution >= 0.6 is 0 Å². The van der Waals surface area contributed by atoms with Crippen LogP contribution in [0, 0.1) is 11.8 Å². The van der Waals surface area contributed by atoms with Crippen LogP contribution in [0.4, 0.5) is 19.0 Å². The number of amides is 5. The third kappa shape index (κ3) is 13.1. The number of benzene rings is 1. The van der Waals surface area contributed by atoms with Crippen LogP contribution in [0.5, 0.6) is 0 Å². The number of rotatable bonds is 19. The predicted octanol–water partition coefficient (Wildman–Crippen LogP) is 6.57. The van der Waals surface area contributed by atoms with E-state index in [9.17, 15) is 37.1 Å². The number of hydrogen-bond donors (Lipinski definition) is 3. The van der Waals surface area contributed by atoms with Gasteiger partial charge >= 0.3 is 6.18 Å². The Morgan fingerprint density at radius 2 is 1.60 bits per heavy atom. The maximum atomic E-state index is 14.1. The third-order valence-electron chi connectivity index (χ3n) is 16.7. The minimum absolute atomic E-state index is 0.0350. The number of pyridine rings is 1. The van der Waals surface area contributed by atoms with Crippen LogP contribution in [0.25, 0.3) is 10.9 Å². The van der Waals surface area contributed by atoms with Gasteiger partial charge in [-0.15, -0.1) is 0 Å². The van der Waals surface area contributed by atoms with Gasteiger partial charge in [0.15, 0.2) is 0 Å². The molecule has 398 valence electrons. The maximum Gasteiger partial charge on any atom is 0.416 e. The van der Waals surface area contributed by atoms with Crippen LogP contribution in [0.3, 0.4) is 0 Å². The Kier molecular flexibility index (Phi) is 17.9. The van der Waals surface area contributed by atoms with Crippen molar-refractivity contribution in [1.82, 2.24) is 50.1 Å². The van der Waals surface area contributed by atoms with E-state index in [-0.39, 0.29) is 77.2 Å². The molecule has 3 N–H and O–H groups in total. The third-order valence-corrected chi connectivity index (χ3v) is 16.7. The highest BCUT2D eigenvalue weighted by atomic mass is 19.4. The van der Waals surface area contributed by atoms with E-state index in [0.29, 0.717) is 63.0 Å². The Bertz CT molecular complexity index is 2380. The Morgan fingerprint density at radius 1 is 0.863 bits per heavy atom. The molecule has 6 atom stereocenters. The SMILES string of the molecule is CC(C)N(C)[C@@H]1CC[C@H](N2CCC(Nc3ncnc4ccc(C(F)(F)F)cc34)C2=O)[C@H](NC(=O)[C@H]2CC[C@H](N3CCN(C(=O)CCCCCCCCNC(=O)[C@H]4CC(=O)N(C)[C@@H]4c4cccnc4)CC3)CC2)C1. The standard InChI is InChI=1S/C54H76F3N11O5/c1-35(2)64(3)40-19-21-46(68-25-22-44(53(68)73)62-50-41-30-38(54(55,56)57)16-20-43(41)60-34-61-50)45(31-40)63-51(71)36-14-17-39(18-15-36)66-26-28-67(29-27-66)47(69)13-9-7-5-6-8-10-24-59-52(72)42-32-48(70)65(4)49(42)37-12-11-23-58-33-37/h11-12,16,20,23,30,33-36,39-40,42,44-46,49H,5-10,13-15,17-19,21-22,24-29,31-32H2,1-4H3,(H,59,72)(H,63,71)(H,60,61,62)/t36-,39-,40-,42+,44?,45-,46+,49-/m1/s1. The van der Waals surface area contributed by atoms with E-state index in [1.54, 1.807) is 24.3 Å². The molecule has 3 aromatic rings. The maximum absolute atomic E-state index is 14.1. The average molecular weight is 1020 g/mol. The molecule has 1 unspecified atom stereocenters. The highest BCUT2D eigenvalue weighted by Crippen LogP contribution is 2.38. The topological polar surface area (TPSA) is 176 Å². The van der Waals surface area contributed by atoms with Gasteiger partial charge in [0.2, 0.25) is 29.5 Å². The summed E-state index contributed by atoms with van der Waals surface area (Å²) < 4.78 is 40.9. The molecule has 19 heteroatoms. The lowest BCUT2D eigenvalue weighted by atomic mass is 9.82. The Labute approximate surface area is 428 Å². The van der Waals surface area contributed by atoms with Gasteiger partial charge in [-0.3, -0.25) is 33.9 Å². The quantitative estimate of drug-likeness (QED) is 0.111. The van der Waals surface area contributed by atoms with Crippen molar-refractivity contribution in [3.63, 3.8) is 0 Å². The molecule has 0 bridgehead atoms. The summed E-state index contributed by atoms with van der Waals surface area (Å²) in [7, 11) is 3.86. The molecule has 5 heterocycles. The van der Waals surface area contributed by atoms with Crippen molar-refractivity contribution in [3.05, 3.63) is 60.2 Å². The van der Waals surface area contributed by atoms with Crippen LogP contribution in [0.1, 0.15) is 134 Å². The molecule has 2 aromatic heterocycles. The lowest BCUT2D eigenvalue weighted by Gasteiger charge is -2.45. The van der Waals surface area contributed by atoms with Crippen LogP contribution < -0.4 is 16.0 Å². The second-order valence-corrected chi connectivity index (χ2v) is 21.5. The van der Waals surface area contributed by atoms with E-state index >= 15 is 0 Å². The zero-order valence-electron chi connectivity index (χ0n) is 43.1. The second kappa shape index (κ2) is 24.3. The lowest BCUT2D eigenvalue weighted by Crippen LogP contribution is -2.59.